The zero-order valence-electron chi connectivity index (χ0n) is 11.4. The van der Waals surface area contributed by atoms with E-state index in [4.69, 9.17) is 0 Å². The molecular formula is C17H20NO-. The minimum Gasteiger partial charge on any atom is -0.785 e. The van der Waals surface area contributed by atoms with Crippen molar-refractivity contribution in [1.82, 2.24) is 5.06 Å². The minimum absolute atomic E-state index is 0.156. The number of hydrogen-bond acceptors (Lipinski definition) is 2. The van der Waals surface area contributed by atoms with Crippen LogP contribution in [0.25, 0.3) is 0 Å². The fraction of sp³-hybridized carbons (Fsp3) is 0.529. The van der Waals surface area contributed by atoms with Gasteiger partial charge >= 0.3 is 0 Å². The number of piperidine rings is 1. The molecule has 0 radical (unpaired) electrons. The Bertz CT molecular complexity index is 550. The lowest BCUT2D eigenvalue weighted by Gasteiger charge is -2.59. The lowest BCUT2D eigenvalue weighted by Crippen LogP contribution is -2.58. The van der Waals surface area contributed by atoms with Crippen molar-refractivity contribution in [2.75, 3.05) is 6.54 Å². The molecule has 2 bridgehead atoms. The molecule has 1 fully saturated rings. The third-order valence-electron chi connectivity index (χ3n) is 5.63. The number of hydrogen-bond donors (Lipinski definition) is 0. The topological polar surface area (TPSA) is 26.3 Å². The van der Waals surface area contributed by atoms with Crippen molar-refractivity contribution in [2.24, 2.45) is 5.92 Å². The van der Waals surface area contributed by atoms with Gasteiger partial charge in [0.05, 0.1) is 0 Å². The maximum Gasteiger partial charge on any atom is 0.0190 e. The summed E-state index contributed by atoms with van der Waals surface area (Å²) in [6.07, 6.45) is 9.02. The molecule has 19 heavy (non-hydrogen) atoms. The van der Waals surface area contributed by atoms with Gasteiger partial charge in [0.1, 0.15) is 0 Å². The zero-order chi connectivity index (χ0) is 13.0. The third-order valence-corrected chi connectivity index (χ3v) is 5.63. The van der Waals surface area contributed by atoms with E-state index in [1.165, 1.54) is 28.2 Å². The molecule has 1 heterocycles. The number of benzene rings is 1. The van der Waals surface area contributed by atoms with Gasteiger partial charge in [-0.25, -0.2) is 0 Å². The summed E-state index contributed by atoms with van der Waals surface area (Å²) < 4.78 is 0. The number of rotatable bonds is 0. The highest BCUT2D eigenvalue weighted by atomic mass is 16.5. The highest BCUT2D eigenvalue weighted by molar-refractivity contribution is 5.48. The number of nitrogens with zero attached hydrogens (tertiary/aromatic N) is 1. The fourth-order valence-corrected chi connectivity index (χ4v) is 4.70. The Balaban J connectivity index is 1.97. The molecule has 3 atom stereocenters. The summed E-state index contributed by atoms with van der Waals surface area (Å²) in [7, 11) is 0. The van der Waals surface area contributed by atoms with Gasteiger partial charge in [-0.15, -0.1) is 0 Å². The normalized spacial score (nSPS) is 36.7. The molecule has 100 valence electrons. The summed E-state index contributed by atoms with van der Waals surface area (Å²) in [6.45, 7) is 2.88. The van der Waals surface area contributed by atoms with E-state index in [-0.39, 0.29) is 11.5 Å². The quantitative estimate of drug-likeness (QED) is 0.664. The van der Waals surface area contributed by atoms with E-state index < -0.39 is 0 Å². The largest absolute Gasteiger partial charge is 0.785 e. The van der Waals surface area contributed by atoms with Gasteiger partial charge in [0.25, 0.3) is 0 Å². The van der Waals surface area contributed by atoms with E-state index in [2.05, 4.69) is 37.3 Å². The molecule has 0 unspecified atom stereocenters. The van der Waals surface area contributed by atoms with Crippen LogP contribution in [0.15, 0.2) is 30.4 Å². The van der Waals surface area contributed by atoms with E-state index in [0.717, 1.165) is 19.3 Å². The van der Waals surface area contributed by atoms with Crippen LogP contribution in [0.1, 0.15) is 36.0 Å². The Labute approximate surface area is 114 Å². The summed E-state index contributed by atoms with van der Waals surface area (Å²) in [5.74, 6) is 0.526. The molecule has 0 saturated carbocycles. The first kappa shape index (κ1) is 11.7. The molecule has 2 nitrogen and oxygen atoms in total. The van der Waals surface area contributed by atoms with Crippen molar-refractivity contribution in [3.63, 3.8) is 0 Å². The summed E-state index contributed by atoms with van der Waals surface area (Å²) in [6, 6.07) is 6.88. The lowest BCUT2D eigenvalue weighted by molar-refractivity contribution is 0.0600. The number of fused-ring (bicyclic) bond motifs is 1. The Morgan fingerprint density at radius 1 is 1.37 bits per heavy atom. The molecule has 2 heteroatoms. The Kier molecular flexibility index (Phi) is 2.42. The van der Waals surface area contributed by atoms with Crippen LogP contribution in [-0.2, 0) is 11.8 Å². The second kappa shape index (κ2) is 3.94. The number of allylic oxidation sites excluding steroid dienone is 2. The van der Waals surface area contributed by atoms with Gasteiger partial charge in [-0.3, -0.25) is 0 Å². The van der Waals surface area contributed by atoms with Crippen LogP contribution in [0.2, 0.25) is 0 Å². The molecule has 3 aliphatic rings. The molecule has 0 N–H and O–H groups in total. The molecule has 1 aromatic carbocycles. The van der Waals surface area contributed by atoms with Crippen LogP contribution in [0.5, 0.6) is 0 Å². The first-order valence-corrected chi connectivity index (χ1v) is 7.43. The van der Waals surface area contributed by atoms with Gasteiger partial charge < -0.3 is 10.3 Å². The molecule has 1 saturated heterocycles. The third kappa shape index (κ3) is 1.44. The van der Waals surface area contributed by atoms with Crippen molar-refractivity contribution >= 4 is 0 Å². The Hall–Kier alpha value is -1.12. The average Bonchev–Trinajstić information content (AvgIpc) is 2.44. The fourth-order valence-electron chi connectivity index (χ4n) is 4.70. The molecule has 4 rings (SSSR count). The number of aryl methyl sites for hydroxylation is 1. The standard InChI is InChI=1S/C17H20NO/c1-12-5-4-7-14-13(12)11-16-15-6-2-3-8-17(14,15)9-10-18(16)19/h3-5,7-8,15-16H,2,6,9-11H2,1H3/q-1/t15-,16+,17-/m0/s1. The van der Waals surface area contributed by atoms with Gasteiger partial charge in [0.15, 0.2) is 0 Å². The van der Waals surface area contributed by atoms with Gasteiger partial charge in [-0.1, -0.05) is 30.4 Å². The van der Waals surface area contributed by atoms with E-state index in [1.807, 2.05) is 0 Å². The van der Waals surface area contributed by atoms with Crippen molar-refractivity contribution in [1.29, 1.82) is 0 Å². The smallest absolute Gasteiger partial charge is 0.0190 e. The summed E-state index contributed by atoms with van der Waals surface area (Å²) in [5, 5.41) is 13.6. The van der Waals surface area contributed by atoms with E-state index in [0.29, 0.717) is 12.5 Å². The van der Waals surface area contributed by atoms with E-state index in [9.17, 15) is 5.21 Å². The highest BCUT2D eigenvalue weighted by Crippen LogP contribution is 2.53. The first-order chi connectivity index (χ1) is 9.22. The van der Waals surface area contributed by atoms with Gasteiger partial charge in [-0.2, -0.15) is 0 Å². The van der Waals surface area contributed by atoms with Crippen LogP contribution in [-0.4, -0.2) is 17.6 Å². The van der Waals surface area contributed by atoms with Crippen molar-refractivity contribution < 1.29 is 0 Å². The predicted molar refractivity (Wildman–Crippen MR) is 76.9 cm³/mol. The second-order valence-corrected chi connectivity index (χ2v) is 6.39. The van der Waals surface area contributed by atoms with Gasteiger partial charge in [0, 0.05) is 11.5 Å². The monoisotopic (exact) mass is 254 g/mol. The Morgan fingerprint density at radius 3 is 3.16 bits per heavy atom. The molecule has 2 aliphatic carbocycles. The summed E-state index contributed by atoms with van der Waals surface area (Å²) in [4.78, 5) is 0. The van der Waals surface area contributed by atoms with Gasteiger partial charge in [0.2, 0.25) is 0 Å². The molecule has 0 aromatic heterocycles. The summed E-state index contributed by atoms with van der Waals surface area (Å²) in [5.41, 5.74) is 4.46. The van der Waals surface area contributed by atoms with E-state index >= 15 is 0 Å². The van der Waals surface area contributed by atoms with Crippen molar-refractivity contribution in [3.05, 3.63) is 52.2 Å². The predicted octanol–water partition coefficient (Wildman–Crippen LogP) is 3.33. The minimum atomic E-state index is 0.156. The van der Waals surface area contributed by atoms with Crippen molar-refractivity contribution in [2.45, 2.75) is 44.1 Å². The highest BCUT2D eigenvalue weighted by Gasteiger charge is 2.50. The first-order valence-electron chi connectivity index (χ1n) is 7.43. The van der Waals surface area contributed by atoms with Crippen LogP contribution in [0.4, 0.5) is 0 Å². The van der Waals surface area contributed by atoms with Crippen LogP contribution in [0.3, 0.4) is 0 Å². The average molecular weight is 254 g/mol. The molecule has 1 aliphatic heterocycles. The lowest BCUT2D eigenvalue weighted by atomic mass is 9.54. The second-order valence-electron chi connectivity index (χ2n) is 6.39. The summed E-state index contributed by atoms with van der Waals surface area (Å²) >= 11 is 0. The SMILES string of the molecule is Cc1cccc2c1C[C@@H]1[C@@H]3CCC=C[C@]23CCN1[O-]. The number of hydroxylamine groups is 2. The van der Waals surface area contributed by atoms with Crippen LogP contribution >= 0.6 is 0 Å². The zero-order valence-corrected chi connectivity index (χ0v) is 11.4. The maximum absolute atomic E-state index is 12.3. The van der Waals surface area contributed by atoms with Crippen molar-refractivity contribution in [3.8, 4) is 0 Å². The maximum atomic E-state index is 12.3. The van der Waals surface area contributed by atoms with Crippen LogP contribution < -0.4 is 0 Å². The molecule has 0 amide bonds. The molecule has 1 aromatic rings. The van der Waals surface area contributed by atoms with Gasteiger partial charge in [-0.05, 0) is 61.8 Å². The van der Waals surface area contributed by atoms with Crippen LogP contribution in [0, 0.1) is 18.0 Å². The molecule has 0 spiro atoms. The Morgan fingerprint density at radius 2 is 2.26 bits per heavy atom. The van der Waals surface area contributed by atoms with E-state index in [1.54, 1.807) is 0 Å². The molecular weight excluding hydrogens is 234 g/mol.